The molecule has 0 aliphatic carbocycles. The van der Waals surface area contributed by atoms with E-state index in [9.17, 15) is 4.79 Å². The van der Waals surface area contributed by atoms with Crippen LogP contribution < -0.4 is 0 Å². The molecule has 0 aromatic carbocycles. The van der Waals surface area contributed by atoms with Crippen molar-refractivity contribution in [1.82, 2.24) is 9.78 Å². The number of aryl methyl sites for hydroxylation is 1. The Balaban J connectivity index is 2.32. The normalized spacial score (nSPS) is 10.8. The molecular weight excluding hydrogens is 300 g/mol. The number of halogens is 1. The van der Waals surface area contributed by atoms with Crippen molar-refractivity contribution in [3.8, 4) is 0 Å². The van der Waals surface area contributed by atoms with E-state index in [2.05, 4.69) is 21.0 Å². The maximum absolute atomic E-state index is 12.3. The smallest absolute Gasteiger partial charge is 0.215 e. The molecular formula is C12H13BrN2O3. The van der Waals surface area contributed by atoms with Gasteiger partial charge < -0.3 is 9.15 Å². The SMILES string of the molecule is COCCn1ncc(Br)c1C(=O)c1coc(C)c1. The van der Waals surface area contributed by atoms with Gasteiger partial charge in [-0.15, -0.1) is 0 Å². The summed E-state index contributed by atoms with van der Waals surface area (Å²) in [6.07, 6.45) is 3.06. The molecule has 0 radical (unpaired) electrons. The molecule has 18 heavy (non-hydrogen) atoms. The van der Waals surface area contributed by atoms with Gasteiger partial charge in [-0.2, -0.15) is 5.10 Å². The lowest BCUT2D eigenvalue weighted by Crippen LogP contribution is -2.14. The van der Waals surface area contributed by atoms with Gasteiger partial charge in [-0.1, -0.05) is 0 Å². The molecule has 0 saturated heterocycles. The van der Waals surface area contributed by atoms with E-state index >= 15 is 0 Å². The second-order valence-corrected chi connectivity index (χ2v) is 4.69. The summed E-state index contributed by atoms with van der Waals surface area (Å²) in [6.45, 7) is 2.83. The summed E-state index contributed by atoms with van der Waals surface area (Å²) in [4.78, 5) is 12.3. The van der Waals surface area contributed by atoms with Crippen LogP contribution in [0, 0.1) is 6.92 Å². The minimum Gasteiger partial charge on any atom is -0.469 e. The number of aromatic nitrogens is 2. The Bertz CT molecular complexity index is 559. The molecule has 0 amide bonds. The second kappa shape index (κ2) is 5.49. The summed E-state index contributed by atoms with van der Waals surface area (Å²) in [7, 11) is 1.61. The summed E-state index contributed by atoms with van der Waals surface area (Å²) in [6, 6.07) is 1.71. The lowest BCUT2D eigenvalue weighted by molar-refractivity contribution is 0.102. The Morgan fingerprint density at radius 1 is 1.61 bits per heavy atom. The van der Waals surface area contributed by atoms with Crippen LogP contribution >= 0.6 is 15.9 Å². The zero-order valence-corrected chi connectivity index (χ0v) is 11.7. The molecule has 0 unspecified atom stereocenters. The van der Waals surface area contributed by atoms with Crippen LogP contribution in [-0.4, -0.2) is 29.3 Å². The first-order valence-electron chi connectivity index (χ1n) is 5.43. The number of hydrogen-bond donors (Lipinski definition) is 0. The third-order valence-corrected chi connectivity index (χ3v) is 3.09. The predicted octanol–water partition coefficient (Wildman–Crippen LogP) is 2.42. The molecule has 5 nitrogen and oxygen atoms in total. The molecule has 2 aromatic heterocycles. The number of nitrogens with zero attached hydrogens (tertiary/aromatic N) is 2. The third kappa shape index (κ3) is 2.54. The Hall–Kier alpha value is -1.40. The predicted molar refractivity (Wildman–Crippen MR) is 68.7 cm³/mol. The quantitative estimate of drug-likeness (QED) is 0.796. The van der Waals surface area contributed by atoms with Crippen LogP contribution in [-0.2, 0) is 11.3 Å². The van der Waals surface area contributed by atoms with E-state index in [4.69, 9.17) is 9.15 Å². The van der Waals surface area contributed by atoms with E-state index in [0.29, 0.717) is 34.6 Å². The van der Waals surface area contributed by atoms with Crippen molar-refractivity contribution >= 4 is 21.7 Å². The van der Waals surface area contributed by atoms with Gasteiger partial charge in [-0.25, -0.2) is 0 Å². The van der Waals surface area contributed by atoms with Crippen molar-refractivity contribution in [3.05, 3.63) is 40.0 Å². The lowest BCUT2D eigenvalue weighted by atomic mass is 10.1. The molecule has 0 aliphatic rings. The van der Waals surface area contributed by atoms with Gasteiger partial charge in [0, 0.05) is 7.11 Å². The van der Waals surface area contributed by atoms with Crippen LogP contribution in [0.3, 0.4) is 0 Å². The fourth-order valence-corrected chi connectivity index (χ4v) is 2.11. The van der Waals surface area contributed by atoms with Crippen LogP contribution in [0.5, 0.6) is 0 Å². The van der Waals surface area contributed by atoms with Gasteiger partial charge in [-0.3, -0.25) is 9.48 Å². The molecule has 0 fully saturated rings. The number of rotatable bonds is 5. The average molecular weight is 313 g/mol. The number of methoxy groups -OCH3 is 1. The van der Waals surface area contributed by atoms with Crippen LogP contribution in [0.4, 0.5) is 0 Å². The third-order valence-electron chi connectivity index (χ3n) is 2.51. The van der Waals surface area contributed by atoms with Crippen molar-refractivity contribution in [2.24, 2.45) is 0 Å². The van der Waals surface area contributed by atoms with Crippen LogP contribution in [0.1, 0.15) is 21.8 Å². The molecule has 96 valence electrons. The molecule has 0 spiro atoms. The molecule has 0 saturated carbocycles. The molecule has 0 bridgehead atoms. The highest BCUT2D eigenvalue weighted by Gasteiger charge is 2.20. The Labute approximate surface area is 113 Å². The van der Waals surface area contributed by atoms with Crippen LogP contribution in [0.2, 0.25) is 0 Å². The summed E-state index contributed by atoms with van der Waals surface area (Å²) in [5, 5.41) is 4.14. The van der Waals surface area contributed by atoms with Gasteiger partial charge in [0.1, 0.15) is 17.7 Å². The number of furan rings is 1. The first kappa shape index (κ1) is 13.0. The summed E-state index contributed by atoms with van der Waals surface area (Å²) < 4.78 is 12.4. The number of ether oxygens (including phenoxy) is 1. The molecule has 0 aliphatic heterocycles. The standard InChI is InChI=1S/C12H13BrN2O3/c1-8-5-9(7-18-8)12(16)11-10(13)6-14-15(11)3-4-17-2/h5-7H,3-4H2,1-2H3. The second-order valence-electron chi connectivity index (χ2n) is 3.83. The minimum atomic E-state index is -0.118. The van der Waals surface area contributed by atoms with Gasteiger partial charge >= 0.3 is 0 Å². The first-order valence-corrected chi connectivity index (χ1v) is 6.23. The average Bonchev–Trinajstić information content (AvgIpc) is 2.92. The van der Waals surface area contributed by atoms with Crippen molar-refractivity contribution in [3.63, 3.8) is 0 Å². The summed E-state index contributed by atoms with van der Waals surface area (Å²) in [5.74, 6) is 0.588. The Kier molecular flexibility index (Phi) is 3.98. The number of hydrogen-bond acceptors (Lipinski definition) is 4. The number of ketones is 1. The zero-order chi connectivity index (χ0) is 13.1. The monoisotopic (exact) mass is 312 g/mol. The largest absolute Gasteiger partial charge is 0.469 e. The van der Waals surface area contributed by atoms with Crippen molar-refractivity contribution in [1.29, 1.82) is 0 Å². The fraction of sp³-hybridized carbons (Fsp3) is 0.333. The van der Waals surface area contributed by atoms with E-state index in [1.807, 2.05) is 0 Å². The lowest BCUT2D eigenvalue weighted by Gasteiger charge is -2.05. The molecule has 2 rings (SSSR count). The molecule has 6 heteroatoms. The molecule has 0 N–H and O–H groups in total. The number of carbonyl (C=O) groups is 1. The van der Waals surface area contributed by atoms with Crippen LogP contribution in [0.25, 0.3) is 0 Å². The van der Waals surface area contributed by atoms with E-state index in [0.717, 1.165) is 0 Å². The maximum Gasteiger partial charge on any atom is 0.215 e. The molecule has 0 atom stereocenters. The van der Waals surface area contributed by atoms with E-state index < -0.39 is 0 Å². The first-order chi connectivity index (χ1) is 8.63. The van der Waals surface area contributed by atoms with E-state index in [1.54, 1.807) is 31.0 Å². The maximum atomic E-state index is 12.3. The van der Waals surface area contributed by atoms with Gasteiger partial charge in [0.2, 0.25) is 5.78 Å². The van der Waals surface area contributed by atoms with Crippen molar-refractivity contribution in [2.45, 2.75) is 13.5 Å². The van der Waals surface area contributed by atoms with Crippen molar-refractivity contribution in [2.75, 3.05) is 13.7 Å². The Morgan fingerprint density at radius 3 is 3.00 bits per heavy atom. The van der Waals surface area contributed by atoms with Gasteiger partial charge in [0.15, 0.2) is 0 Å². The van der Waals surface area contributed by atoms with Gasteiger partial charge in [0.05, 0.1) is 29.4 Å². The molecule has 2 heterocycles. The number of carbonyl (C=O) groups excluding carboxylic acids is 1. The van der Waals surface area contributed by atoms with E-state index in [-0.39, 0.29) is 5.78 Å². The highest BCUT2D eigenvalue weighted by atomic mass is 79.9. The Morgan fingerprint density at radius 2 is 2.39 bits per heavy atom. The molecule has 2 aromatic rings. The van der Waals surface area contributed by atoms with Gasteiger partial charge in [-0.05, 0) is 28.9 Å². The summed E-state index contributed by atoms with van der Waals surface area (Å²) >= 11 is 3.34. The topological polar surface area (TPSA) is 57.3 Å². The van der Waals surface area contributed by atoms with E-state index in [1.165, 1.54) is 6.26 Å². The highest BCUT2D eigenvalue weighted by Crippen LogP contribution is 2.21. The fourth-order valence-electron chi connectivity index (χ4n) is 1.63. The van der Waals surface area contributed by atoms with Crippen molar-refractivity contribution < 1.29 is 13.9 Å². The zero-order valence-electron chi connectivity index (χ0n) is 10.1. The van der Waals surface area contributed by atoms with Gasteiger partial charge in [0.25, 0.3) is 0 Å². The van der Waals surface area contributed by atoms with Crippen LogP contribution in [0.15, 0.2) is 27.4 Å². The highest BCUT2D eigenvalue weighted by molar-refractivity contribution is 9.10. The summed E-state index contributed by atoms with van der Waals surface area (Å²) in [5.41, 5.74) is 1.03. The minimum absolute atomic E-state index is 0.118.